The van der Waals surface area contributed by atoms with Crippen molar-refractivity contribution < 1.29 is 9.53 Å². The highest BCUT2D eigenvalue weighted by molar-refractivity contribution is 7.12. The van der Waals surface area contributed by atoms with Gasteiger partial charge in [0, 0.05) is 6.54 Å². The van der Waals surface area contributed by atoms with Crippen LogP contribution in [0, 0.1) is 0 Å². The fourth-order valence-corrected chi connectivity index (χ4v) is 2.44. The van der Waals surface area contributed by atoms with Gasteiger partial charge in [-0.2, -0.15) is 0 Å². The summed E-state index contributed by atoms with van der Waals surface area (Å²) >= 11 is 1.38. The molecule has 0 saturated carbocycles. The Morgan fingerprint density at radius 1 is 1.53 bits per heavy atom. The Kier molecular flexibility index (Phi) is 4.96. The van der Waals surface area contributed by atoms with Crippen molar-refractivity contribution in [3.05, 3.63) is 16.3 Å². The summed E-state index contributed by atoms with van der Waals surface area (Å²) in [5.74, 6) is 0.511. The maximum Gasteiger partial charge on any atom is 0.265 e. The number of nitrogens with one attached hydrogen (secondary N) is 1. The minimum atomic E-state index is -0.313. The number of carbonyl (C=O) groups excluding carboxylic acids is 1. The molecule has 96 valence electrons. The largest absolute Gasteiger partial charge is 0.495 e. The summed E-state index contributed by atoms with van der Waals surface area (Å²) in [6.45, 7) is 4.50. The van der Waals surface area contributed by atoms with Gasteiger partial charge in [-0.25, -0.2) is 0 Å². The van der Waals surface area contributed by atoms with Gasteiger partial charge in [-0.3, -0.25) is 4.79 Å². The zero-order valence-electron chi connectivity index (χ0n) is 10.6. The number of carbonyl (C=O) groups is 1. The quantitative estimate of drug-likeness (QED) is 0.818. The van der Waals surface area contributed by atoms with Crippen LogP contribution in [-0.4, -0.2) is 25.1 Å². The fraction of sp³-hybridized carbons (Fsp3) is 0.583. The van der Waals surface area contributed by atoms with Crippen LogP contribution < -0.4 is 15.8 Å². The third-order valence-electron chi connectivity index (χ3n) is 3.18. The lowest BCUT2D eigenvalue weighted by molar-refractivity contribution is 0.0897. The van der Waals surface area contributed by atoms with E-state index in [4.69, 9.17) is 10.5 Å². The van der Waals surface area contributed by atoms with E-state index in [2.05, 4.69) is 5.32 Å². The van der Waals surface area contributed by atoms with Crippen molar-refractivity contribution >= 4 is 17.2 Å². The lowest BCUT2D eigenvalue weighted by Crippen LogP contribution is -2.52. The first-order valence-corrected chi connectivity index (χ1v) is 6.64. The van der Waals surface area contributed by atoms with Crippen LogP contribution in [0.25, 0.3) is 0 Å². The van der Waals surface area contributed by atoms with Crippen molar-refractivity contribution in [1.82, 2.24) is 5.32 Å². The van der Waals surface area contributed by atoms with E-state index in [1.807, 2.05) is 19.2 Å². The molecule has 0 aliphatic rings. The minimum Gasteiger partial charge on any atom is -0.495 e. The first-order valence-electron chi connectivity index (χ1n) is 5.76. The molecule has 0 aliphatic heterocycles. The molecule has 0 bridgehead atoms. The summed E-state index contributed by atoms with van der Waals surface area (Å²) in [4.78, 5) is 12.7. The summed E-state index contributed by atoms with van der Waals surface area (Å²) in [7, 11) is 1.56. The SMILES string of the molecule is CCC(CC)(CN)NC(=O)c1sccc1OC. The van der Waals surface area contributed by atoms with E-state index >= 15 is 0 Å². The van der Waals surface area contributed by atoms with Crippen molar-refractivity contribution in [2.24, 2.45) is 5.73 Å². The Hall–Kier alpha value is -1.07. The molecule has 0 aromatic carbocycles. The number of amides is 1. The Balaban J connectivity index is 2.84. The van der Waals surface area contributed by atoms with Crippen molar-refractivity contribution in [2.45, 2.75) is 32.2 Å². The molecule has 0 aliphatic carbocycles. The van der Waals surface area contributed by atoms with Crippen LogP contribution in [0.5, 0.6) is 5.75 Å². The molecule has 0 radical (unpaired) electrons. The highest BCUT2D eigenvalue weighted by Gasteiger charge is 2.28. The number of ether oxygens (including phenoxy) is 1. The fourth-order valence-electron chi connectivity index (χ4n) is 1.69. The second-order valence-corrected chi connectivity index (χ2v) is 4.88. The maximum absolute atomic E-state index is 12.1. The van der Waals surface area contributed by atoms with Crippen LogP contribution in [0.3, 0.4) is 0 Å². The van der Waals surface area contributed by atoms with Gasteiger partial charge in [0.2, 0.25) is 0 Å². The molecule has 1 aromatic heterocycles. The molecule has 3 N–H and O–H groups in total. The van der Waals surface area contributed by atoms with Crippen molar-refractivity contribution in [3.63, 3.8) is 0 Å². The van der Waals surface area contributed by atoms with Crippen LogP contribution in [-0.2, 0) is 0 Å². The average Bonchev–Trinajstić information content (AvgIpc) is 2.84. The smallest absolute Gasteiger partial charge is 0.265 e. The minimum absolute atomic E-state index is 0.106. The molecule has 1 amide bonds. The monoisotopic (exact) mass is 256 g/mol. The third-order valence-corrected chi connectivity index (χ3v) is 4.07. The standard InChI is InChI=1S/C12H20N2O2S/c1-4-12(5-2,8-13)14-11(15)10-9(16-3)6-7-17-10/h6-7H,4-5,8,13H2,1-3H3,(H,14,15). The Bertz CT molecular complexity index is 364. The molecule has 0 atom stereocenters. The first kappa shape index (κ1) is 14.0. The summed E-state index contributed by atoms with van der Waals surface area (Å²) in [5, 5.41) is 4.87. The number of hydrogen-bond donors (Lipinski definition) is 2. The van der Waals surface area contributed by atoms with Crippen molar-refractivity contribution in [1.29, 1.82) is 0 Å². The number of hydrogen-bond acceptors (Lipinski definition) is 4. The molecular formula is C12H20N2O2S. The van der Waals surface area contributed by atoms with E-state index in [1.54, 1.807) is 13.2 Å². The Morgan fingerprint density at radius 2 is 2.18 bits per heavy atom. The zero-order valence-corrected chi connectivity index (χ0v) is 11.4. The average molecular weight is 256 g/mol. The Labute approximate surface area is 106 Å². The molecule has 0 fully saturated rings. The van der Waals surface area contributed by atoms with E-state index in [9.17, 15) is 4.79 Å². The third kappa shape index (κ3) is 2.98. The number of thiophene rings is 1. The van der Waals surface area contributed by atoms with Crippen molar-refractivity contribution in [3.8, 4) is 5.75 Å². The van der Waals surface area contributed by atoms with Gasteiger partial charge in [0.25, 0.3) is 5.91 Å². The van der Waals surface area contributed by atoms with Gasteiger partial charge in [0.1, 0.15) is 10.6 Å². The zero-order chi connectivity index (χ0) is 12.9. The van der Waals surface area contributed by atoms with Gasteiger partial charge in [0.05, 0.1) is 12.6 Å². The van der Waals surface area contributed by atoms with E-state index < -0.39 is 0 Å². The highest BCUT2D eigenvalue weighted by Crippen LogP contribution is 2.25. The predicted molar refractivity (Wildman–Crippen MR) is 70.7 cm³/mol. The van der Waals surface area contributed by atoms with E-state index in [0.717, 1.165) is 12.8 Å². The molecule has 4 nitrogen and oxygen atoms in total. The molecule has 0 spiro atoms. The van der Waals surface area contributed by atoms with E-state index in [0.29, 0.717) is 17.2 Å². The van der Waals surface area contributed by atoms with Gasteiger partial charge in [-0.05, 0) is 24.3 Å². The summed E-state index contributed by atoms with van der Waals surface area (Å²) in [5.41, 5.74) is 5.45. The molecule has 1 aromatic rings. The molecule has 5 heteroatoms. The highest BCUT2D eigenvalue weighted by atomic mass is 32.1. The molecule has 17 heavy (non-hydrogen) atoms. The van der Waals surface area contributed by atoms with Crippen LogP contribution in [0.4, 0.5) is 0 Å². The number of nitrogens with two attached hydrogens (primary N) is 1. The van der Waals surface area contributed by atoms with Gasteiger partial charge in [-0.15, -0.1) is 11.3 Å². The van der Waals surface area contributed by atoms with Crippen LogP contribution >= 0.6 is 11.3 Å². The summed E-state index contributed by atoms with van der Waals surface area (Å²) in [6, 6.07) is 1.79. The van der Waals surface area contributed by atoms with Gasteiger partial charge < -0.3 is 15.8 Å². The molecule has 1 heterocycles. The van der Waals surface area contributed by atoms with Crippen LogP contribution in [0.2, 0.25) is 0 Å². The molecule has 0 unspecified atom stereocenters. The van der Waals surface area contributed by atoms with Crippen LogP contribution in [0.15, 0.2) is 11.4 Å². The van der Waals surface area contributed by atoms with E-state index in [-0.39, 0.29) is 11.4 Å². The Morgan fingerprint density at radius 3 is 2.65 bits per heavy atom. The van der Waals surface area contributed by atoms with Gasteiger partial charge in [-0.1, -0.05) is 13.8 Å². The molecular weight excluding hydrogens is 236 g/mol. The maximum atomic E-state index is 12.1. The van der Waals surface area contributed by atoms with Crippen LogP contribution in [0.1, 0.15) is 36.4 Å². The number of rotatable bonds is 6. The van der Waals surface area contributed by atoms with Crippen molar-refractivity contribution in [2.75, 3.05) is 13.7 Å². The summed E-state index contributed by atoms with van der Waals surface area (Å²) in [6.07, 6.45) is 1.64. The number of methoxy groups -OCH3 is 1. The normalized spacial score (nSPS) is 11.3. The second-order valence-electron chi connectivity index (χ2n) is 3.96. The predicted octanol–water partition coefficient (Wildman–Crippen LogP) is 2.00. The summed E-state index contributed by atoms with van der Waals surface area (Å²) < 4.78 is 5.14. The lowest BCUT2D eigenvalue weighted by Gasteiger charge is -2.31. The molecule has 1 rings (SSSR count). The molecule has 0 saturated heterocycles. The van der Waals surface area contributed by atoms with Gasteiger partial charge in [0.15, 0.2) is 0 Å². The van der Waals surface area contributed by atoms with Gasteiger partial charge >= 0.3 is 0 Å². The topological polar surface area (TPSA) is 64.3 Å². The second kappa shape index (κ2) is 6.02. The van der Waals surface area contributed by atoms with E-state index in [1.165, 1.54) is 11.3 Å². The lowest BCUT2D eigenvalue weighted by atomic mass is 9.93. The first-order chi connectivity index (χ1) is 8.12.